The molecule has 0 fully saturated rings. The van der Waals surface area contributed by atoms with E-state index in [1.807, 2.05) is 19.9 Å². The fourth-order valence-corrected chi connectivity index (χ4v) is 1.14. The Kier molecular flexibility index (Phi) is 3.45. The number of nitriles is 1. The molecule has 80 valence electrons. The predicted octanol–water partition coefficient (Wildman–Crippen LogP) is 1.85. The van der Waals surface area contributed by atoms with Crippen molar-refractivity contribution in [3.05, 3.63) is 17.0 Å². The lowest BCUT2D eigenvalue weighted by Gasteiger charge is -1.98. The standard InChI is InChI=1S/C10H12N2O3/c1-4-14-10(13)8-7(5-11)9(6(2)3)15-12-8/h6H,4H2,1-3H3. The molecule has 0 saturated carbocycles. The quantitative estimate of drug-likeness (QED) is 0.708. The number of carbonyl (C=O) groups excluding carboxylic acids is 1. The monoisotopic (exact) mass is 208 g/mol. The average molecular weight is 208 g/mol. The molecule has 1 aromatic rings. The summed E-state index contributed by atoms with van der Waals surface area (Å²) in [6.07, 6.45) is 0. The molecule has 0 aliphatic rings. The number of hydrogen-bond acceptors (Lipinski definition) is 5. The molecule has 0 radical (unpaired) electrons. The summed E-state index contributed by atoms with van der Waals surface area (Å²) in [4.78, 5) is 11.4. The van der Waals surface area contributed by atoms with Gasteiger partial charge >= 0.3 is 5.97 Å². The Bertz CT molecular complexity index is 401. The van der Waals surface area contributed by atoms with Crippen LogP contribution < -0.4 is 0 Å². The fraction of sp³-hybridized carbons (Fsp3) is 0.500. The topological polar surface area (TPSA) is 76.1 Å². The number of hydrogen-bond donors (Lipinski definition) is 0. The maximum absolute atomic E-state index is 11.4. The van der Waals surface area contributed by atoms with Gasteiger partial charge in [0.1, 0.15) is 11.6 Å². The van der Waals surface area contributed by atoms with E-state index in [-0.39, 0.29) is 23.8 Å². The van der Waals surface area contributed by atoms with Gasteiger partial charge in [0.25, 0.3) is 0 Å². The minimum absolute atomic E-state index is 0.00956. The van der Waals surface area contributed by atoms with Crippen LogP contribution in [0.5, 0.6) is 0 Å². The molecule has 0 aliphatic heterocycles. The number of esters is 1. The maximum Gasteiger partial charge on any atom is 0.361 e. The predicted molar refractivity (Wildman–Crippen MR) is 51.3 cm³/mol. The summed E-state index contributed by atoms with van der Waals surface area (Å²) in [5.41, 5.74) is 0.131. The molecule has 5 heteroatoms. The third kappa shape index (κ3) is 2.15. The van der Waals surface area contributed by atoms with E-state index in [0.29, 0.717) is 5.76 Å². The van der Waals surface area contributed by atoms with Crippen molar-refractivity contribution in [1.29, 1.82) is 5.26 Å². The van der Waals surface area contributed by atoms with Gasteiger partial charge in [-0.1, -0.05) is 19.0 Å². The van der Waals surface area contributed by atoms with Crippen LogP contribution in [-0.4, -0.2) is 17.7 Å². The molecule has 0 aromatic carbocycles. The Balaban J connectivity index is 3.11. The van der Waals surface area contributed by atoms with Crippen molar-refractivity contribution in [2.45, 2.75) is 26.7 Å². The number of carbonyl (C=O) groups is 1. The summed E-state index contributed by atoms with van der Waals surface area (Å²) >= 11 is 0. The first-order valence-corrected chi connectivity index (χ1v) is 4.68. The lowest BCUT2D eigenvalue weighted by atomic mass is 10.1. The molecule has 0 atom stereocenters. The summed E-state index contributed by atoms with van der Waals surface area (Å²) in [7, 11) is 0. The molecule has 0 aliphatic carbocycles. The Morgan fingerprint density at radius 1 is 1.67 bits per heavy atom. The maximum atomic E-state index is 11.4. The van der Waals surface area contributed by atoms with Crippen molar-refractivity contribution in [2.24, 2.45) is 0 Å². The molecule has 1 rings (SSSR count). The van der Waals surface area contributed by atoms with Crippen LogP contribution >= 0.6 is 0 Å². The zero-order chi connectivity index (χ0) is 11.4. The first kappa shape index (κ1) is 11.2. The van der Waals surface area contributed by atoms with Crippen LogP contribution in [0.25, 0.3) is 0 Å². The largest absolute Gasteiger partial charge is 0.461 e. The van der Waals surface area contributed by atoms with Gasteiger partial charge in [-0.3, -0.25) is 0 Å². The van der Waals surface area contributed by atoms with Crippen molar-refractivity contribution in [1.82, 2.24) is 5.16 Å². The SMILES string of the molecule is CCOC(=O)c1noc(C(C)C)c1C#N. The molecular weight excluding hydrogens is 196 g/mol. The van der Waals surface area contributed by atoms with E-state index in [1.165, 1.54) is 0 Å². The highest BCUT2D eigenvalue weighted by atomic mass is 16.5. The molecule has 0 amide bonds. The average Bonchev–Trinajstić information content (AvgIpc) is 2.61. The smallest absolute Gasteiger partial charge is 0.361 e. The second-order valence-electron chi connectivity index (χ2n) is 3.26. The number of nitrogens with zero attached hydrogens (tertiary/aromatic N) is 2. The fourth-order valence-electron chi connectivity index (χ4n) is 1.14. The van der Waals surface area contributed by atoms with Gasteiger partial charge in [0.05, 0.1) is 6.61 Å². The van der Waals surface area contributed by atoms with Crippen molar-refractivity contribution in [3.8, 4) is 6.07 Å². The summed E-state index contributed by atoms with van der Waals surface area (Å²) in [5, 5.41) is 12.5. The van der Waals surface area contributed by atoms with Crippen molar-refractivity contribution in [3.63, 3.8) is 0 Å². The zero-order valence-electron chi connectivity index (χ0n) is 8.90. The molecule has 0 N–H and O–H groups in total. The lowest BCUT2D eigenvalue weighted by molar-refractivity contribution is 0.0514. The van der Waals surface area contributed by atoms with E-state index in [4.69, 9.17) is 14.5 Å². The van der Waals surface area contributed by atoms with Gasteiger partial charge in [0.2, 0.25) is 5.69 Å². The van der Waals surface area contributed by atoms with Gasteiger partial charge in [-0.2, -0.15) is 5.26 Å². The van der Waals surface area contributed by atoms with E-state index < -0.39 is 5.97 Å². The molecule has 1 aromatic heterocycles. The van der Waals surface area contributed by atoms with Crippen molar-refractivity contribution < 1.29 is 14.1 Å². The first-order valence-electron chi connectivity index (χ1n) is 4.68. The molecule has 0 unspecified atom stereocenters. The van der Waals surface area contributed by atoms with Crippen LogP contribution in [-0.2, 0) is 4.74 Å². The van der Waals surface area contributed by atoms with Crippen LogP contribution in [0.1, 0.15) is 48.5 Å². The zero-order valence-corrected chi connectivity index (χ0v) is 8.90. The van der Waals surface area contributed by atoms with Gasteiger partial charge in [-0.05, 0) is 6.92 Å². The minimum atomic E-state index is -0.621. The van der Waals surface area contributed by atoms with E-state index in [9.17, 15) is 4.79 Å². The summed E-state index contributed by atoms with van der Waals surface area (Å²) in [6.45, 7) is 5.65. The van der Waals surface area contributed by atoms with Gasteiger partial charge < -0.3 is 9.26 Å². The highest BCUT2D eigenvalue weighted by molar-refractivity contribution is 5.90. The molecular formula is C10H12N2O3. The summed E-state index contributed by atoms with van der Waals surface area (Å²) < 4.78 is 9.69. The minimum Gasteiger partial charge on any atom is -0.461 e. The summed E-state index contributed by atoms with van der Waals surface area (Å²) in [5.74, 6) is -0.194. The van der Waals surface area contributed by atoms with Crippen LogP contribution in [0.4, 0.5) is 0 Å². The lowest BCUT2D eigenvalue weighted by Crippen LogP contribution is -2.07. The van der Waals surface area contributed by atoms with Crippen LogP contribution in [0.15, 0.2) is 4.52 Å². The van der Waals surface area contributed by atoms with E-state index in [1.54, 1.807) is 6.92 Å². The Hall–Kier alpha value is -1.83. The molecule has 1 heterocycles. The molecule has 0 bridgehead atoms. The first-order chi connectivity index (χ1) is 7.11. The third-order valence-corrected chi connectivity index (χ3v) is 1.82. The normalized spacial score (nSPS) is 10.1. The second-order valence-corrected chi connectivity index (χ2v) is 3.26. The highest BCUT2D eigenvalue weighted by Crippen LogP contribution is 2.22. The van der Waals surface area contributed by atoms with Crippen LogP contribution in [0.3, 0.4) is 0 Å². The van der Waals surface area contributed by atoms with Gasteiger partial charge in [0.15, 0.2) is 5.76 Å². The van der Waals surface area contributed by atoms with Gasteiger partial charge in [-0.25, -0.2) is 4.79 Å². The molecule has 5 nitrogen and oxygen atoms in total. The number of ether oxygens (including phenoxy) is 1. The van der Waals surface area contributed by atoms with Gasteiger partial charge in [0, 0.05) is 5.92 Å². The molecule has 15 heavy (non-hydrogen) atoms. The Morgan fingerprint density at radius 3 is 2.80 bits per heavy atom. The summed E-state index contributed by atoms with van der Waals surface area (Å²) in [6, 6.07) is 1.91. The Labute approximate surface area is 87.6 Å². The van der Waals surface area contributed by atoms with E-state index in [2.05, 4.69) is 5.16 Å². The Morgan fingerprint density at radius 2 is 2.33 bits per heavy atom. The molecule has 0 spiro atoms. The number of aromatic nitrogens is 1. The van der Waals surface area contributed by atoms with E-state index >= 15 is 0 Å². The highest BCUT2D eigenvalue weighted by Gasteiger charge is 2.24. The van der Waals surface area contributed by atoms with Crippen LogP contribution in [0, 0.1) is 11.3 Å². The second kappa shape index (κ2) is 4.60. The van der Waals surface area contributed by atoms with Crippen molar-refractivity contribution >= 4 is 5.97 Å². The van der Waals surface area contributed by atoms with E-state index in [0.717, 1.165) is 0 Å². The van der Waals surface area contributed by atoms with Gasteiger partial charge in [-0.15, -0.1) is 0 Å². The van der Waals surface area contributed by atoms with Crippen LogP contribution in [0.2, 0.25) is 0 Å². The molecule has 0 saturated heterocycles. The van der Waals surface area contributed by atoms with Crippen molar-refractivity contribution in [2.75, 3.05) is 6.61 Å². The third-order valence-electron chi connectivity index (χ3n) is 1.82. The number of rotatable bonds is 3.